The molecule has 1 unspecified atom stereocenters. The predicted octanol–water partition coefficient (Wildman–Crippen LogP) is 5.32. The quantitative estimate of drug-likeness (QED) is 0.628. The molecule has 1 aliphatic carbocycles. The van der Waals surface area contributed by atoms with Crippen LogP contribution in [0.4, 0.5) is 4.39 Å². The molecular formula is C24H24FNO2. The van der Waals surface area contributed by atoms with Crippen LogP contribution < -0.4 is 0 Å². The monoisotopic (exact) mass is 377 g/mol. The largest absolute Gasteiger partial charge is 0.358 e. The lowest BCUT2D eigenvalue weighted by atomic mass is 9.65. The number of aromatic amines is 1. The van der Waals surface area contributed by atoms with Crippen LogP contribution in [0.25, 0.3) is 10.9 Å². The third-order valence-corrected chi connectivity index (χ3v) is 5.79. The molecule has 0 spiro atoms. The Kier molecular flexibility index (Phi) is 4.45. The number of aromatic nitrogens is 1. The smallest absolute Gasteiger partial charge is 0.144 e. The Bertz CT molecular complexity index is 1060. The lowest BCUT2D eigenvalue weighted by Gasteiger charge is -2.36. The van der Waals surface area contributed by atoms with Gasteiger partial charge < -0.3 is 4.98 Å². The number of carbonyl (C=O) groups is 2. The number of hydrogen-bond acceptors (Lipinski definition) is 2. The first-order valence-corrected chi connectivity index (χ1v) is 9.65. The molecule has 3 aromatic rings. The Morgan fingerprint density at radius 3 is 2.39 bits per heavy atom. The zero-order chi connectivity index (χ0) is 20.1. The van der Waals surface area contributed by atoms with Crippen molar-refractivity contribution in [1.29, 1.82) is 0 Å². The SMILES string of the molecule is Cc1[nH]c2ccccc2c1C(c1cccc(F)c1)C1C(=O)CC(C)(C)CC1=O. The molecule has 0 aliphatic heterocycles. The van der Waals surface area contributed by atoms with E-state index in [0.717, 1.165) is 22.2 Å². The molecule has 1 N–H and O–H groups in total. The Balaban J connectivity index is 1.94. The first kappa shape index (κ1) is 18.6. The number of H-pyrrole nitrogens is 1. The van der Waals surface area contributed by atoms with E-state index in [-0.39, 0.29) is 22.8 Å². The van der Waals surface area contributed by atoms with Gasteiger partial charge in [-0.1, -0.05) is 44.2 Å². The molecule has 4 rings (SSSR count). The van der Waals surface area contributed by atoms with Crippen molar-refractivity contribution in [2.45, 2.75) is 39.5 Å². The summed E-state index contributed by atoms with van der Waals surface area (Å²) < 4.78 is 14.1. The van der Waals surface area contributed by atoms with Crippen LogP contribution in [0.3, 0.4) is 0 Å². The van der Waals surface area contributed by atoms with Gasteiger partial charge in [0.15, 0.2) is 0 Å². The molecule has 0 saturated heterocycles. The van der Waals surface area contributed by atoms with Gasteiger partial charge in [-0.05, 0) is 41.7 Å². The zero-order valence-electron chi connectivity index (χ0n) is 16.4. The minimum Gasteiger partial charge on any atom is -0.358 e. The van der Waals surface area contributed by atoms with Gasteiger partial charge >= 0.3 is 0 Å². The molecule has 1 aromatic heterocycles. The number of Topliss-reactive ketones (excluding diaryl/α,β-unsaturated/α-hetero) is 2. The second-order valence-electron chi connectivity index (χ2n) is 8.67. The van der Waals surface area contributed by atoms with Crippen LogP contribution in [0, 0.1) is 24.1 Å². The van der Waals surface area contributed by atoms with Gasteiger partial charge in [0.1, 0.15) is 17.4 Å². The minimum atomic E-state index is -0.785. The van der Waals surface area contributed by atoms with E-state index in [1.54, 1.807) is 6.07 Å². The van der Waals surface area contributed by atoms with Gasteiger partial charge in [-0.3, -0.25) is 9.59 Å². The van der Waals surface area contributed by atoms with Crippen molar-refractivity contribution in [1.82, 2.24) is 4.98 Å². The van der Waals surface area contributed by atoms with Crippen LogP contribution in [-0.2, 0) is 9.59 Å². The highest BCUT2D eigenvalue weighted by molar-refractivity contribution is 6.07. The van der Waals surface area contributed by atoms with Gasteiger partial charge in [0.05, 0.1) is 5.92 Å². The van der Waals surface area contributed by atoms with Crippen LogP contribution in [0.15, 0.2) is 48.5 Å². The van der Waals surface area contributed by atoms with E-state index in [2.05, 4.69) is 4.98 Å². The Hall–Kier alpha value is -2.75. The number of ketones is 2. The van der Waals surface area contributed by atoms with Crippen molar-refractivity contribution in [3.05, 3.63) is 71.2 Å². The number of benzene rings is 2. The molecule has 1 fully saturated rings. The van der Waals surface area contributed by atoms with E-state index >= 15 is 0 Å². The fourth-order valence-corrected chi connectivity index (χ4v) is 4.70. The highest BCUT2D eigenvalue weighted by atomic mass is 19.1. The van der Waals surface area contributed by atoms with E-state index in [1.165, 1.54) is 12.1 Å². The van der Waals surface area contributed by atoms with Crippen molar-refractivity contribution in [2.75, 3.05) is 0 Å². The summed E-state index contributed by atoms with van der Waals surface area (Å²) >= 11 is 0. The molecule has 4 heteroatoms. The van der Waals surface area contributed by atoms with E-state index in [1.807, 2.05) is 51.1 Å². The number of nitrogens with one attached hydrogen (secondary N) is 1. The number of rotatable bonds is 3. The number of hydrogen-bond donors (Lipinski definition) is 1. The summed E-state index contributed by atoms with van der Waals surface area (Å²) in [7, 11) is 0. The maximum Gasteiger partial charge on any atom is 0.144 e. The predicted molar refractivity (Wildman–Crippen MR) is 108 cm³/mol. The summed E-state index contributed by atoms with van der Waals surface area (Å²) in [6, 6.07) is 14.1. The molecule has 2 aromatic carbocycles. The number of fused-ring (bicyclic) bond motifs is 1. The summed E-state index contributed by atoms with van der Waals surface area (Å²) in [5, 5.41) is 0.972. The summed E-state index contributed by atoms with van der Waals surface area (Å²) in [5.41, 5.74) is 3.10. The Morgan fingerprint density at radius 1 is 1.04 bits per heavy atom. The number of halogens is 1. The van der Waals surface area contributed by atoms with Crippen molar-refractivity contribution in [3.63, 3.8) is 0 Å². The van der Waals surface area contributed by atoms with Crippen LogP contribution in [-0.4, -0.2) is 16.6 Å². The lowest BCUT2D eigenvalue weighted by molar-refractivity contribution is -0.140. The van der Waals surface area contributed by atoms with Crippen LogP contribution in [0.5, 0.6) is 0 Å². The fraction of sp³-hybridized carbons (Fsp3) is 0.333. The van der Waals surface area contributed by atoms with Crippen LogP contribution in [0.2, 0.25) is 0 Å². The molecular weight excluding hydrogens is 353 g/mol. The van der Waals surface area contributed by atoms with E-state index in [0.29, 0.717) is 18.4 Å². The normalized spacial score (nSPS) is 18.6. The maximum atomic E-state index is 14.1. The summed E-state index contributed by atoms with van der Waals surface area (Å²) in [6.07, 6.45) is 0.716. The third kappa shape index (κ3) is 3.17. The van der Waals surface area contributed by atoms with Gasteiger partial charge in [0.25, 0.3) is 0 Å². The topological polar surface area (TPSA) is 49.9 Å². The maximum absolute atomic E-state index is 14.1. The molecule has 0 bridgehead atoms. The summed E-state index contributed by atoms with van der Waals surface area (Å²) in [5.74, 6) is -1.76. The van der Waals surface area contributed by atoms with Crippen molar-refractivity contribution < 1.29 is 14.0 Å². The second kappa shape index (κ2) is 6.69. The van der Waals surface area contributed by atoms with Gasteiger partial charge in [0.2, 0.25) is 0 Å². The Labute approximate surface area is 164 Å². The molecule has 1 aliphatic rings. The molecule has 1 heterocycles. The average Bonchev–Trinajstić information content (AvgIpc) is 2.93. The van der Waals surface area contributed by atoms with E-state index in [4.69, 9.17) is 0 Å². The molecule has 28 heavy (non-hydrogen) atoms. The molecule has 0 amide bonds. The number of para-hydroxylation sites is 1. The van der Waals surface area contributed by atoms with E-state index < -0.39 is 11.8 Å². The highest BCUT2D eigenvalue weighted by Crippen LogP contribution is 2.45. The minimum absolute atomic E-state index is 0.0554. The number of aryl methyl sites for hydroxylation is 1. The average molecular weight is 377 g/mol. The zero-order valence-corrected chi connectivity index (χ0v) is 16.4. The van der Waals surface area contributed by atoms with Crippen molar-refractivity contribution in [2.24, 2.45) is 11.3 Å². The fourth-order valence-electron chi connectivity index (χ4n) is 4.70. The van der Waals surface area contributed by atoms with E-state index in [9.17, 15) is 14.0 Å². The van der Waals surface area contributed by atoms with Crippen molar-refractivity contribution in [3.8, 4) is 0 Å². The Morgan fingerprint density at radius 2 is 1.71 bits per heavy atom. The molecule has 3 nitrogen and oxygen atoms in total. The summed E-state index contributed by atoms with van der Waals surface area (Å²) in [6.45, 7) is 5.85. The standard InChI is InChI=1S/C24H24FNO2/c1-14-21(17-9-4-5-10-18(17)26-14)22(15-7-6-8-16(25)11-15)23-19(27)12-24(2,3)13-20(23)28/h4-11,22-23,26H,12-13H2,1-3H3. The second-order valence-corrected chi connectivity index (χ2v) is 8.67. The number of carbonyl (C=O) groups excluding carboxylic acids is 2. The summed E-state index contributed by atoms with van der Waals surface area (Å²) in [4.78, 5) is 29.6. The van der Waals surface area contributed by atoms with Gasteiger partial charge in [-0.2, -0.15) is 0 Å². The van der Waals surface area contributed by atoms with Crippen LogP contribution in [0.1, 0.15) is 49.4 Å². The van der Waals surface area contributed by atoms with Gasteiger partial charge in [0, 0.05) is 35.4 Å². The highest BCUT2D eigenvalue weighted by Gasteiger charge is 2.45. The van der Waals surface area contributed by atoms with Gasteiger partial charge in [-0.25, -0.2) is 4.39 Å². The van der Waals surface area contributed by atoms with Crippen molar-refractivity contribution >= 4 is 22.5 Å². The first-order chi connectivity index (χ1) is 13.3. The van der Waals surface area contributed by atoms with Gasteiger partial charge in [-0.15, -0.1) is 0 Å². The van der Waals surface area contributed by atoms with Crippen LogP contribution >= 0.6 is 0 Å². The third-order valence-electron chi connectivity index (χ3n) is 5.79. The lowest BCUT2D eigenvalue weighted by Crippen LogP contribution is -2.41. The first-order valence-electron chi connectivity index (χ1n) is 9.65. The molecule has 1 atom stereocenters. The molecule has 144 valence electrons. The molecule has 0 radical (unpaired) electrons. The molecule has 1 saturated carbocycles.